The summed E-state index contributed by atoms with van der Waals surface area (Å²) in [6.45, 7) is 6.73. The zero-order valence-electron chi connectivity index (χ0n) is 10.3. The van der Waals surface area contributed by atoms with Gasteiger partial charge in [-0.25, -0.2) is 0 Å². The van der Waals surface area contributed by atoms with E-state index in [9.17, 15) is 4.79 Å². The SMILES string of the molecule is Cc1ccc(Cl)cc1C(=O)NCC(Br)C(C)C. The van der Waals surface area contributed by atoms with Gasteiger partial charge < -0.3 is 5.32 Å². The van der Waals surface area contributed by atoms with Crippen LogP contribution in [0.2, 0.25) is 5.02 Å². The zero-order chi connectivity index (χ0) is 13.0. The fourth-order valence-corrected chi connectivity index (χ4v) is 1.69. The number of carbonyl (C=O) groups is 1. The Bertz CT molecular complexity index is 406. The van der Waals surface area contributed by atoms with Crippen molar-refractivity contribution in [3.8, 4) is 0 Å². The van der Waals surface area contributed by atoms with E-state index >= 15 is 0 Å². The topological polar surface area (TPSA) is 29.1 Å². The first-order chi connectivity index (χ1) is 7.91. The Morgan fingerprint density at radius 3 is 2.71 bits per heavy atom. The molecule has 1 aromatic carbocycles. The minimum atomic E-state index is -0.0740. The van der Waals surface area contributed by atoms with Crippen molar-refractivity contribution in [3.05, 3.63) is 34.3 Å². The van der Waals surface area contributed by atoms with Gasteiger partial charge in [0.25, 0.3) is 5.91 Å². The second-order valence-electron chi connectivity index (χ2n) is 4.43. The predicted molar refractivity (Wildman–Crippen MR) is 76.1 cm³/mol. The van der Waals surface area contributed by atoms with Crippen LogP contribution in [0.3, 0.4) is 0 Å². The fourth-order valence-electron chi connectivity index (χ4n) is 1.36. The molecule has 1 aromatic rings. The molecular formula is C13H17BrClNO. The van der Waals surface area contributed by atoms with Gasteiger partial charge in [-0.1, -0.05) is 47.4 Å². The maximum absolute atomic E-state index is 12.0. The number of amides is 1. The second-order valence-corrected chi connectivity index (χ2v) is 6.04. The molecule has 0 aliphatic carbocycles. The van der Waals surface area contributed by atoms with Crippen molar-refractivity contribution in [2.24, 2.45) is 5.92 Å². The van der Waals surface area contributed by atoms with Crippen LogP contribution < -0.4 is 5.32 Å². The molecule has 1 N–H and O–H groups in total. The summed E-state index contributed by atoms with van der Waals surface area (Å²) in [5.41, 5.74) is 1.57. The molecule has 4 heteroatoms. The van der Waals surface area contributed by atoms with E-state index in [0.29, 0.717) is 23.0 Å². The molecule has 0 aliphatic heterocycles. The van der Waals surface area contributed by atoms with Crippen LogP contribution in [-0.2, 0) is 0 Å². The Hall–Kier alpha value is -0.540. The fraction of sp³-hybridized carbons (Fsp3) is 0.462. The van der Waals surface area contributed by atoms with Gasteiger partial charge in [-0.2, -0.15) is 0 Å². The summed E-state index contributed by atoms with van der Waals surface area (Å²) in [6.07, 6.45) is 0. The molecule has 0 radical (unpaired) electrons. The average molecular weight is 319 g/mol. The highest BCUT2D eigenvalue weighted by Gasteiger charge is 2.13. The maximum Gasteiger partial charge on any atom is 0.251 e. The molecule has 0 aromatic heterocycles. The van der Waals surface area contributed by atoms with E-state index in [2.05, 4.69) is 35.1 Å². The number of benzene rings is 1. The van der Waals surface area contributed by atoms with Crippen LogP contribution in [0.15, 0.2) is 18.2 Å². The Kier molecular flexibility index (Phi) is 5.47. The van der Waals surface area contributed by atoms with Gasteiger partial charge in [0.2, 0.25) is 0 Å². The minimum Gasteiger partial charge on any atom is -0.351 e. The summed E-state index contributed by atoms with van der Waals surface area (Å²) in [5, 5.41) is 3.49. The molecule has 0 spiro atoms. The highest BCUT2D eigenvalue weighted by atomic mass is 79.9. The number of rotatable bonds is 4. The van der Waals surface area contributed by atoms with E-state index in [-0.39, 0.29) is 10.7 Å². The number of carbonyl (C=O) groups excluding carboxylic acids is 1. The molecule has 0 bridgehead atoms. The predicted octanol–water partition coefficient (Wildman–Crippen LogP) is 3.80. The number of nitrogens with one attached hydrogen (secondary N) is 1. The lowest BCUT2D eigenvalue weighted by Gasteiger charge is -2.15. The Balaban J connectivity index is 2.67. The van der Waals surface area contributed by atoms with Gasteiger partial charge >= 0.3 is 0 Å². The molecule has 1 rings (SSSR count). The molecule has 1 atom stereocenters. The minimum absolute atomic E-state index is 0.0740. The van der Waals surface area contributed by atoms with Crippen molar-refractivity contribution in [3.63, 3.8) is 0 Å². The molecule has 0 aliphatic rings. The molecule has 0 heterocycles. The normalized spacial score (nSPS) is 12.6. The van der Waals surface area contributed by atoms with Gasteiger partial charge in [0.15, 0.2) is 0 Å². The van der Waals surface area contributed by atoms with Crippen LogP contribution in [0, 0.1) is 12.8 Å². The molecule has 2 nitrogen and oxygen atoms in total. The highest BCUT2D eigenvalue weighted by Crippen LogP contribution is 2.16. The number of alkyl halides is 1. The monoisotopic (exact) mass is 317 g/mol. The Labute approximate surface area is 116 Å². The standard InChI is InChI=1S/C13H17BrClNO/c1-8(2)12(14)7-16-13(17)11-6-10(15)5-4-9(11)3/h4-6,8,12H,7H2,1-3H3,(H,16,17). The van der Waals surface area contributed by atoms with Crippen molar-refractivity contribution in [1.29, 1.82) is 0 Å². The van der Waals surface area contributed by atoms with E-state index in [4.69, 9.17) is 11.6 Å². The lowest BCUT2D eigenvalue weighted by Crippen LogP contribution is -2.32. The van der Waals surface area contributed by atoms with Crippen LogP contribution in [0.25, 0.3) is 0 Å². The Morgan fingerprint density at radius 1 is 1.47 bits per heavy atom. The van der Waals surface area contributed by atoms with Crippen LogP contribution in [0.5, 0.6) is 0 Å². The number of halogens is 2. The zero-order valence-corrected chi connectivity index (χ0v) is 12.6. The van der Waals surface area contributed by atoms with Crippen molar-refractivity contribution >= 4 is 33.4 Å². The summed E-state index contributed by atoms with van der Waals surface area (Å²) in [6, 6.07) is 5.34. The smallest absolute Gasteiger partial charge is 0.251 e. The molecule has 0 saturated carbocycles. The maximum atomic E-state index is 12.0. The lowest BCUT2D eigenvalue weighted by atomic mass is 10.1. The summed E-state index contributed by atoms with van der Waals surface area (Å²) >= 11 is 9.42. The number of hydrogen-bond acceptors (Lipinski definition) is 1. The molecular weight excluding hydrogens is 302 g/mol. The first-order valence-electron chi connectivity index (χ1n) is 5.60. The van der Waals surface area contributed by atoms with Gasteiger partial charge in [-0.15, -0.1) is 0 Å². The third kappa shape index (κ3) is 4.32. The van der Waals surface area contributed by atoms with Gasteiger partial charge in [0.05, 0.1) is 0 Å². The quantitative estimate of drug-likeness (QED) is 0.841. The van der Waals surface area contributed by atoms with Crippen LogP contribution in [0.1, 0.15) is 29.8 Å². The molecule has 17 heavy (non-hydrogen) atoms. The van der Waals surface area contributed by atoms with E-state index in [0.717, 1.165) is 5.56 Å². The van der Waals surface area contributed by atoms with E-state index in [1.807, 2.05) is 13.0 Å². The van der Waals surface area contributed by atoms with Crippen molar-refractivity contribution in [2.45, 2.75) is 25.6 Å². The van der Waals surface area contributed by atoms with Crippen molar-refractivity contribution in [2.75, 3.05) is 6.54 Å². The van der Waals surface area contributed by atoms with Crippen LogP contribution in [-0.4, -0.2) is 17.3 Å². The highest BCUT2D eigenvalue weighted by molar-refractivity contribution is 9.09. The first kappa shape index (κ1) is 14.5. The lowest BCUT2D eigenvalue weighted by molar-refractivity contribution is 0.0952. The summed E-state index contributed by atoms with van der Waals surface area (Å²) in [5.74, 6) is 0.408. The van der Waals surface area contributed by atoms with E-state index < -0.39 is 0 Å². The number of hydrogen-bond donors (Lipinski definition) is 1. The van der Waals surface area contributed by atoms with Crippen LogP contribution >= 0.6 is 27.5 Å². The largest absolute Gasteiger partial charge is 0.351 e. The molecule has 1 amide bonds. The van der Waals surface area contributed by atoms with Crippen LogP contribution in [0.4, 0.5) is 0 Å². The third-order valence-corrected chi connectivity index (χ3v) is 4.24. The average Bonchev–Trinajstić information content (AvgIpc) is 2.28. The van der Waals surface area contributed by atoms with Gasteiger partial charge in [0.1, 0.15) is 0 Å². The second kappa shape index (κ2) is 6.41. The van der Waals surface area contributed by atoms with Gasteiger partial charge in [-0.3, -0.25) is 4.79 Å². The van der Waals surface area contributed by atoms with Gasteiger partial charge in [0, 0.05) is 22.0 Å². The first-order valence-corrected chi connectivity index (χ1v) is 6.89. The summed E-state index contributed by atoms with van der Waals surface area (Å²) < 4.78 is 0. The third-order valence-electron chi connectivity index (χ3n) is 2.63. The van der Waals surface area contributed by atoms with E-state index in [1.165, 1.54) is 0 Å². The summed E-state index contributed by atoms with van der Waals surface area (Å²) in [7, 11) is 0. The molecule has 0 saturated heterocycles. The van der Waals surface area contributed by atoms with Crippen molar-refractivity contribution in [1.82, 2.24) is 5.32 Å². The molecule has 0 fully saturated rings. The Morgan fingerprint density at radius 2 is 2.12 bits per heavy atom. The van der Waals surface area contributed by atoms with Crippen molar-refractivity contribution < 1.29 is 4.79 Å². The van der Waals surface area contributed by atoms with Gasteiger partial charge in [-0.05, 0) is 30.5 Å². The molecule has 1 unspecified atom stereocenters. The summed E-state index contributed by atoms with van der Waals surface area (Å²) in [4.78, 5) is 12.2. The van der Waals surface area contributed by atoms with E-state index in [1.54, 1.807) is 12.1 Å². The number of aryl methyl sites for hydroxylation is 1. The molecule has 94 valence electrons.